The predicted molar refractivity (Wildman–Crippen MR) is 144 cm³/mol. The van der Waals surface area contributed by atoms with Crippen molar-refractivity contribution in [3.05, 3.63) is 24.3 Å². The van der Waals surface area contributed by atoms with Crippen LogP contribution in [0.15, 0.2) is 24.3 Å². The first-order chi connectivity index (χ1) is 19.2. The summed E-state index contributed by atoms with van der Waals surface area (Å²) >= 11 is 0. The van der Waals surface area contributed by atoms with Gasteiger partial charge in [-0.1, -0.05) is 33.4 Å². The largest absolute Gasteiger partial charge is 0.467 e. The molecule has 41 heavy (non-hydrogen) atoms. The second-order valence-electron chi connectivity index (χ2n) is 14.6. The van der Waals surface area contributed by atoms with Gasteiger partial charge in [-0.05, 0) is 61.3 Å². The zero-order chi connectivity index (χ0) is 29.5. The van der Waals surface area contributed by atoms with E-state index in [1.807, 2.05) is 6.08 Å². The number of aliphatic hydroxyl groups is 1. The summed E-state index contributed by atoms with van der Waals surface area (Å²) in [6, 6.07) is 0. The van der Waals surface area contributed by atoms with E-state index >= 15 is 0 Å². The van der Waals surface area contributed by atoms with Gasteiger partial charge in [-0.15, -0.1) is 0 Å². The van der Waals surface area contributed by atoms with Crippen LogP contribution in [0.5, 0.6) is 0 Å². The van der Waals surface area contributed by atoms with E-state index in [2.05, 4.69) is 27.4 Å². The van der Waals surface area contributed by atoms with Gasteiger partial charge in [0.25, 0.3) is 0 Å². The maximum absolute atomic E-state index is 13.4. The second-order valence-corrected chi connectivity index (χ2v) is 14.6. The van der Waals surface area contributed by atoms with Gasteiger partial charge in [0.2, 0.25) is 5.60 Å². The van der Waals surface area contributed by atoms with Crippen LogP contribution in [0.1, 0.15) is 66.7 Å². The third-order valence-corrected chi connectivity index (χ3v) is 13.5. The number of carbonyl (C=O) groups excluding carboxylic acids is 3. The van der Waals surface area contributed by atoms with Crippen LogP contribution in [0.3, 0.4) is 0 Å². The summed E-state index contributed by atoms with van der Waals surface area (Å²) < 4.78 is 30.3. The van der Waals surface area contributed by atoms with Crippen LogP contribution >= 0.6 is 0 Å². The van der Waals surface area contributed by atoms with E-state index in [0.29, 0.717) is 12.8 Å². The van der Waals surface area contributed by atoms with Crippen molar-refractivity contribution in [1.29, 1.82) is 0 Å². The van der Waals surface area contributed by atoms with E-state index in [1.54, 1.807) is 6.92 Å². The minimum Gasteiger partial charge on any atom is -0.467 e. The van der Waals surface area contributed by atoms with E-state index in [4.69, 9.17) is 23.7 Å². The summed E-state index contributed by atoms with van der Waals surface area (Å²) in [5.74, 6) is -1.28. The third-order valence-electron chi connectivity index (χ3n) is 13.5. The summed E-state index contributed by atoms with van der Waals surface area (Å²) in [4.78, 5) is 38.6. The highest BCUT2D eigenvalue weighted by atomic mass is 16.7. The average molecular weight is 571 g/mol. The Balaban J connectivity index is 1.39. The van der Waals surface area contributed by atoms with Gasteiger partial charge in [-0.3, -0.25) is 4.79 Å². The van der Waals surface area contributed by atoms with Crippen LogP contribution < -0.4 is 0 Å². The molecular formula is C32H42O9. The third kappa shape index (κ3) is 2.78. The zero-order valence-corrected chi connectivity index (χ0v) is 24.9. The van der Waals surface area contributed by atoms with E-state index < -0.39 is 63.8 Å². The Morgan fingerprint density at radius 2 is 1.85 bits per heavy atom. The van der Waals surface area contributed by atoms with Crippen LogP contribution in [-0.4, -0.2) is 72.3 Å². The number of rotatable bonds is 3. The van der Waals surface area contributed by atoms with Crippen molar-refractivity contribution in [2.75, 3.05) is 13.7 Å². The van der Waals surface area contributed by atoms with Crippen LogP contribution in [-0.2, 0) is 38.1 Å². The molecule has 3 saturated heterocycles. The Morgan fingerprint density at radius 3 is 2.51 bits per heavy atom. The molecule has 0 aromatic carbocycles. The van der Waals surface area contributed by atoms with Gasteiger partial charge >= 0.3 is 17.9 Å². The van der Waals surface area contributed by atoms with Crippen molar-refractivity contribution in [2.24, 2.45) is 39.4 Å². The molecule has 7 rings (SSSR count). The molecule has 6 fully saturated rings. The molecule has 7 aliphatic rings. The molecule has 1 N–H and O–H groups in total. The standard InChI is InChI=1S/C32H42O9/c1-16-14-31-21-10-12-27(4)19(11-13-30(17(2)33)15-38-22(35)9-8-20(27)30)28(21,5)24(39-18(3)34)25(40-31)29(31,6)32(23(16)41-32)26(36)37-7/h8-9,17,19-21,23-25,33H,1,10-15H2,2-7H3/t17?,19?,20-,21?,23+,24+,25-,27+,28+,29+,30-,31+,32-/m0/s1. The number of methoxy groups -OCH3 is 1. The van der Waals surface area contributed by atoms with Gasteiger partial charge in [-0.2, -0.15) is 0 Å². The zero-order valence-electron chi connectivity index (χ0n) is 24.9. The first-order valence-corrected chi connectivity index (χ1v) is 15.0. The monoisotopic (exact) mass is 570 g/mol. The molecule has 0 aromatic rings. The van der Waals surface area contributed by atoms with Gasteiger partial charge in [0.1, 0.15) is 24.9 Å². The molecule has 13 atom stereocenters. The first kappa shape index (κ1) is 27.6. The van der Waals surface area contributed by atoms with Crippen molar-refractivity contribution >= 4 is 17.9 Å². The number of allylic oxidation sites excluding steroid dienone is 1. The van der Waals surface area contributed by atoms with Crippen molar-refractivity contribution < 1.29 is 43.2 Å². The van der Waals surface area contributed by atoms with Gasteiger partial charge < -0.3 is 28.8 Å². The molecular weight excluding hydrogens is 528 g/mol. The van der Waals surface area contributed by atoms with Crippen LogP contribution in [0.25, 0.3) is 0 Å². The molecule has 3 saturated carbocycles. The minimum absolute atomic E-state index is 0.0532. The normalized spacial score (nSPS) is 54.8. The lowest BCUT2D eigenvalue weighted by Crippen LogP contribution is -2.90. The number of fused-ring (bicyclic) bond motifs is 9. The van der Waals surface area contributed by atoms with Crippen molar-refractivity contribution in [3.8, 4) is 0 Å². The van der Waals surface area contributed by atoms with E-state index in [0.717, 1.165) is 24.8 Å². The van der Waals surface area contributed by atoms with Gasteiger partial charge in [0.05, 0.1) is 24.2 Å². The Morgan fingerprint density at radius 1 is 1.15 bits per heavy atom. The number of ether oxygens (including phenoxy) is 5. The summed E-state index contributed by atoms with van der Waals surface area (Å²) in [5, 5.41) is 11.2. The van der Waals surface area contributed by atoms with Gasteiger partial charge in [0, 0.05) is 30.3 Å². The Kier molecular flexibility index (Phi) is 5.40. The quantitative estimate of drug-likeness (QED) is 0.236. The number of esters is 3. The molecule has 4 aliphatic heterocycles. The van der Waals surface area contributed by atoms with Crippen molar-refractivity contribution in [3.63, 3.8) is 0 Å². The molecule has 0 amide bonds. The predicted octanol–water partition coefficient (Wildman–Crippen LogP) is 3.28. The topological polar surface area (TPSA) is 121 Å². The maximum Gasteiger partial charge on any atom is 0.342 e. The molecule has 3 aliphatic carbocycles. The summed E-state index contributed by atoms with van der Waals surface area (Å²) in [6.45, 7) is 14.3. The van der Waals surface area contributed by atoms with Crippen LogP contribution in [0.2, 0.25) is 0 Å². The van der Waals surface area contributed by atoms with E-state index in [1.165, 1.54) is 20.1 Å². The van der Waals surface area contributed by atoms with Gasteiger partial charge in [0.15, 0.2) is 0 Å². The van der Waals surface area contributed by atoms with E-state index in [-0.39, 0.29) is 35.7 Å². The van der Waals surface area contributed by atoms with Crippen LogP contribution in [0.4, 0.5) is 0 Å². The number of hydrogen-bond donors (Lipinski definition) is 1. The number of hydrogen-bond acceptors (Lipinski definition) is 9. The fraction of sp³-hybridized carbons (Fsp3) is 0.781. The Bertz CT molecular complexity index is 1290. The molecule has 3 unspecified atom stereocenters. The highest BCUT2D eigenvalue weighted by Gasteiger charge is 2.94. The highest BCUT2D eigenvalue weighted by Crippen LogP contribution is 2.83. The first-order valence-electron chi connectivity index (χ1n) is 15.0. The Hall–Kier alpha value is -2.23. The summed E-state index contributed by atoms with van der Waals surface area (Å²) in [5.41, 5.74) is -3.28. The smallest absolute Gasteiger partial charge is 0.342 e. The fourth-order valence-corrected chi connectivity index (χ4v) is 11.7. The van der Waals surface area contributed by atoms with E-state index in [9.17, 15) is 19.5 Å². The molecule has 1 spiro atoms. The number of aliphatic hydroxyl groups excluding tert-OH is 1. The Labute approximate surface area is 240 Å². The fourth-order valence-electron chi connectivity index (χ4n) is 11.7. The minimum atomic E-state index is -1.21. The molecule has 9 heteroatoms. The summed E-state index contributed by atoms with van der Waals surface area (Å²) in [6.07, 6.45) is 4.78. The number of epoxide rings is 1. The van der Waals surface area contributed by atoms with Crippen molar-refractivity contribution in [2.45, 2.75) is 102 Å². The number of carbonyl (C=O) groups is 3. The average Bonchev–Trinajstić information content (AvgIpc) is 3.69. The molecule has 9 nitrogen and oxygen atoms in total. The molecule has 0 aromatic heterocycles. The number of cyclic esters (lactones) is 1. The van der Waals surface area contributed by atoms with Crippen molar-refractivity contribution in [1.82, 2.24) is 0 Å². The molecule has 224 valence electrons. The second kappa shape index (κ2) is 8.03. The SMILES string of the molecule is C=C1C[C@@]23O[C@@H]([C@@H](OC(C)=O)[C@]4(C)C5CC[C@@]6(C(C)O)COC(=O)C=C[C@H]6[C@]5(C)CCC42)[C@@]3(C)[C@]2(C(=O)OC)O[C@H]12. The lowest BCUT2D eigenvalue weighted by Gasteiger charge is -2.80. The lowest BCUT2D eigenvalue weighted by molar-refractivity contribution is -0.449. The molecule has 4 heterocycles. The lowest BCUT2D eigenvalue weighted by atomic mass is 9.30. The highest BCUT2D eigenvalue weighted by molar-refractivity contribution is 5.87. The van der Waals surface area contributed by atoms with Gasteiger partial charge in [-0.25, -0.2) is 9.59 Å². The molecule has 0 radical (unpaired) electrons. The maximum atomic E-state index is 13.4. The van der Waals surface area contributed by atoms with Crippen LogP contribution in [0, 0.1) is 39.4 Å². The summed E-state index contributed by atoms with van der Waals surface area (Å²) in [7, 11) is 1.38. The molecule has 2 bridgehead atoms.